The maximum absolute atomic E-state index is 12.4. The third kappa shape index (κ3) is 3.71. The molecule has 6 heteroatoms. The number of hydrogen-bond acceptors (Lipinski definition) is 3. The molecule has 0 aromatic carbocycles. The standard InChI is InChI=1S/C15H22N4O2/c1-3-13(18-15(16)21)12-6-7-19(9-12)14(20)11-5-4-10(2)17-8-11/h4-5,8,12-13H,3,6-7,9H2,1-2H3,(H3,16,18,21)/t12-,13?/m1/s1. The number of primary amides is 1. The molecule has 0 radical (unpaired) electrons. The highest BCUT2D eigenvalue weighted by Gasteiger charge is 2.32. The highest BCUT2D eigenvalue weighted by atomic mass is 16.2. The number of carbonyl (C=O) groups is 2. The van der Waals surface area contributed by atoms with E-state index in [4.69, 9.17) is 5.73 Å². The highest BCUT2D eigenvalue weighted by Crippen LogP contribution is 2.23. The molecule has 2 atom stereocenters. The van der Waals surface area contributed by atoms with Crippen LogP contribution >= 0.6 is 0 Å². The van der Waals surface area contributed by atoms with Crippen LogP contribution in [0.5, 0.6) is 0 Å². The number of amides is 3. The van der Waals surface area contributed by atoms with Gasteiger partial charge in [0.05, 0.1) is 5.56 Å². The molecule has 21 heavy (non-hydrogen) atoms. The number of aromatic nitrogens is 1. The molecule has 2 heterocycles. The summed E-state index contributed by atoms with van der Waals surface area (Å²) in [4.78, 5) is 29.4. The van der Waals surface area contributed by atoms with Crippen molar-refractivity contribution in [3.8, 4) is 0 Å². The number of nitrogens with zero attached hydrogens (tertiary/aromatic N) is 2. The summed E-state index contributed by atoms with van der Waals surface area (Å²) in [5.74, 6) is 0.254. The zero-order chi connectivity index (χ0) is 15.4. The predicted molar refractivity (Wildman–Crippen MR) is 79.8 cm³/mol. The van der Waals surface area contributed by atoms with Crippen LogP contribution in [0.1, 0.15) is 35.8 Å². The van der Waals surface area contributed by atoms with E-state index in [0.29, 0.717) is 18.7 Å². The molecular formula is C15H22N4O2. The molecule has 1 aliphatic heterocycles. The molecule has 0 aliphatic carbocycles. The lowest BCUT2D eigenvalue weighted by Crippen LogP contribution is -2.44. The predicted octanol–water partition coefficient (Wildman–Crippen LogP) is 1.30. The number of pyridine rings is 1. The molecule has 1 unspecified atom stereocenters. The topological polar surface area (TPSA) is 88.3 Å². The average molecular weight is 290 g/mol. The lowest BCUT2D eigenvalue weighted by atomic mass is 9.97. The summed E-state index contributed by atoms with van der Waals surface area (Å²) >= 11 is 0. The first-order valence-electron chi connectivity index (χ1n) is 7.29. The van der Waals surface area contributed by atoms with Crippen LogP contribution in [-0.2, 0) is 0 Å². The Morgan fingerprint density at radius 3 is 2.86 bits per heavy atom. The third-order valence-corrected chi connectivity index (χ3v) is 4.01. The Bertz CT molecular complexity index is 515. The van der Waals surface area contributed by atoms with E-state index >= 15 is 0 Å². The Morgan fingerprint density at radius 1 is 1.52 bits per heavy atom. The van der Waals surface area contributed by atoms with Crippen LogP contribution in [0.25, 0.3) is 0 Å². The molecule has 6 nitrogen and oxygen atoms in total. The first-order chi connectivity index (χ1) is 10.0. The largest absolute Gasteiger partial charge is 0.352 e. The van der Waals surface area contributed by atoms with Crippen molar-refractivity contribution in [1.82, 2.24) is 15.2 Å². The Kier molecular flexibility index (Phi) is 4.77. The van der Waals surface area contributed by atoms with Crippen molar-refractivity contribution in [2.45, 2.75) is 32.7 Å². The molecule has 1 aromatic heterocycles. The number of likely N-dealkylation sites (tertiary alicyclic amines) is 1. The first kappa shape index (κ1) is 15.3. The molecular weight excluding hydrogens is 268 g/mol. The van der Waals surface area contributed by atoms with E-state index in [2.05, 4.69) is 10.3 Å². The molecule has 0 bridgehead atoms. The number of urea groups is 1. The fourth-order valence-electron chi connectivity index (χ4n) is 2.81. The summed E-state index contributed by atoms with van der Waals surface area (Å²) in [5, 5.41) is 2.77. The van der Waals surface area contributed by atoms with Crippen molar-refractivity contribution in [3.63, 3.8) is 0 Å². The molecule has 3 N–H and O–H groups in total. The monoisotopic (exact) mass is 290 g/mol. The summed E-state index contributed by atoms with van der Waals surface area (Å²) in [6, 6.07) is 3.16. The summed E-state index contributed by atoms with van der Waals surface area (Å²) in [6.45, 7) is 5.25. The number of nitrogens with two attached hydrogens (primary N) is 1. The molecule has 1 aliphatic rings. The van der Waals surface area contributed by atoms with Crippen LogP contribution < -0.4 is 11.1 Å². The Labute approximate surface area is 124 Å². The highest BCUT2D eigenvalue weighted by molar-refractivity contribution is 5.94. The molecule has 1 fully saturated rings. The normalized spacial score (nSPS) is 19.3. The van der Waals surface area contributed by atoms with Crippen LogP contribution in [0.2, 0.25) is 0 Å². The van der Waals surface area contributed by atoms with E-state index in [1.165, 1.54) is 0 Å². The summed E-state index contributed by atoms with van der Waals surface area (Å²) in [7, 11) is 0. The van der Waals surface area contributed by atoms with Gasteiger partial charge < -0.3 is 16.0 Å². The second-order valence-corrected chi connectivity index (χ2v) is 5.51. The minimum Gasteiger partial charge on any atom is -0.352 e. The van der Waals surface area contributed by atoms with Gasteiger partial charge in [0.1, 0.15) is 0 Å². The van der Waals surface area contributed by atoms with Gasteiger partial charge in [-0.1, -0.05) is 6.92 Å². The van der Waals surface area contributed by atoms with Crippen molar-refractivity contribution >= 4 is 11.9 Å². The molecule has 2 rings (SSSR count). The fraction of sp³-hybridized carbons (Fsp3) is 0.533. The van der Waals surface area contributed by atoms with Crippen molar-refractivity contribution in [2.75, 3.05) is 13.1 Å². The summed E-state index contributed by atoms with van der Waals surface area (Å²) < 4.78 is 0. The minimum absolute atomic E-state index is 0.000993. The molecule has 1 aromatic rings. The number of aryl methyl sites for hydroxylation is 1. The van der Waals surface area contributed by atoms with E-state index in [9.17, 15) is 9.59 Å². The van der Waals surface area contributed by atoms with E-state index in [0.717, 1.165) is 18.5 Å². The Hall–Kier alpha value is -2.11. The van der Waals surface area contributed by atoms with Gasteiger partial charge in [-0.05, 0) is 37.8 Å². The third-order valence-electron chi connectivity index (χ3n) is 4.01. The van der Waals surface area contributed by atoms with Crippen LogP contribution in [0, 0.1) is 12.8 Å². The summed E-state index contributed by atoms with van der Waals surface area (Å²) in [5.41, 5.74) is 6.70. The molecule has 114 valence electrons. The van der Waals surface area contributed by atoms with Gasteiger partial charge >= 0.3 is 6.03 Å². The number of rotatable bonds is 4. The molecule has 3 amide bonds. The maximum Gasteiger partial charge on any atom is 0.312 e. The molecule has 1 saturated heterocycles. The van der Waals surface area contributed by atoms with Crippen molar-refractivity contribution in [3.05, 3.63) is 29.6 Å². The van der Waals surface area contributed by atoms with E-state index in [1.54, 1.807) is 12.3 Å². The second kappa shape index (κ2) is 6.56. The van der Waals surface area contributed by atoms with Crippen LogP contribution in [-0.4, -0.2) is 41.0 Å². The Balaban J connectivity index is 1.99. The zero-order valence-corrected chi connectivity index (χ0v) is 12.5. The van der Waals surface area contributed by atoms with Gasteiger partial charge in [0.15, 0.2) is 0 Å². The van der Waals surface area contributed by atoms with Crippen molar-refractivity contribution in [1.29, 1.82) is 0 Å². The van der Waals surface area contributed by atoms with Gasteiger partial charge in [0, 0.05) is 31.0 Å². The quantitative estimate of drug-likeness (QED) is 0.876. The fourth-order valence-corrected chi connectivity index (χ4v) is 2.81. The zero-order valence-electron chi connectivity index (χ0n) is 12.5. The lowest BCUT2D eigenvalue weighted by Gasteiger charge is -2.23. The maximum atomic E-state index is 12.4. The van der Waals surface area contributed by atoms with Crippen LogP contribution in [0.3, 0.4) is 0 Å². The van der Waals surface area contributed by atoms with Crippen molar-refractivity contribution < 1.29 is 9.59 Å². The number of carbonyl (C=O) groups excluding carboxylic acids is 2. The van der Waals surface area contributed by atoms with Gasteiger partial charge in [0.2, 0.25) is 0 Å². The number of hydrogen-bond donors (Lipinski definition) is 2. The SMILES string of the molecule is CCC(NC(N)=O)[C@@H]1CCN(C(=O)c2ccc(C)nc2)C1. The first-order valence-corrected chi connectivity index (χ1v) is 7.29. The van der Waals surface area contributed by atoms with E-state index in [1.807, 2.05) is 24.8 Å². The van der Waals surface area contributed by atoms with Crippen LogP contribution in [0.15, 0.2) is 18.3 Å². The smallest absolute Gasteiger partial charge is 0.312 e. The van der Waals surface area contributed by atoms with Gasteiger partial charge in [-0.15, -0.1) is 0 Å². The van der Waals surface area contributed by atoms with Gasteiger partial charge in [0.25, 0.3) is 5.91 Å². The van der Waals surface area contributed by atoms with E-state index in [-0.39, 0.29) is 17.9 Å². The molecule has 0 saturated carbocycles. The summed E-state index contributed by atoms with van der Waals surface area (Å²) in [6.07, 6.45) is 3.30. The number of nitrogens with one attached hydrogen (secondary N) is 1. The lowest BCUT2D eigenvalue weighted by molar-refractivity contribution is 0.0784. The van der Waals surface area contributed by atoms with Gasteiger partial charge in [-0.3, -0.25) is 9.78 Å². The minimum atomic E-state index is -0.505. The van der Waals surface area contributed by atoms with Gasteiger partial charge in [-0.25, -0.2) is 4.79 Å². The van der Waals surface area contributed by atoms with Crippen LogP contribution in [0.4, 0.5) is 4.79 Å². The van der Waals surface area contributed by atoms with Crippen molar-refractivity contribution in [2.24, 2.45) is 11.7 Å². The van der Waals surface area contributed by atoms with E-state index < -0.39 is 6.03 Å². The Morgan fingerprint density at radius 2 is 2.29 bits per heavy atom. The van der Waals surface area contributed by atoms with Gasteiger partial charge in [-0.2, -0.15) is 0 Å². The molecule has 0 spiro atoms. The average Bonchev–Trinajstić information content (AvgIpc) is 2.94. The second-order valence-electron chi connectivity index (χ2n) is 5.51.